The second-order valence-corrected chi connectivity index (χ2v) is 8.34. The zero-order valence-electron chi connectivity index (χ0n) is 16.5. The fourth-order valence-corrected chi connectivity index (χ4v) is 3.78. The lowest BCUT2D eigenvalue weighted by Gasteiger charge is -2.42. The Hall–Kier alpha value is -2.39. The number of piperidine rings is 1. The van der Waals surface area contributed by atoms with Gasteiger partial charge in [-0.3, -0.25) is 9.69 Å². The van der Waals surface area contributed by atoms with Crippen molar-refractivity contribution < 1.29 is 9.53 Å². The van der Waals surface area contributed by atoms with Crippen molar-refractivity contribution >= 4 is 5.97 Å². The Bertz CT molecular complexity index is 777. The third kappa shape index (κ3) is 5.08. The van der Waals surface area contributed by atoms with Crippen molar-refractivity contribution in [2.75, 3.05) is 6.54 Å². The lowest BCUT2D eigenvalue weighted by Crippen LogP contribution is -2.44. The SMILES string of the molecule is C=C1C[C@@H](C(=O)OC(C)(C)C)[C@@H](c2ccccc2)N(Cc2ccccc2)C1. The molecule has 3 nitrogen and oxygen atoms in total. The van der Waals surface area contributed by atoms with Crippen LogP contribution in [0.1, 0.15) is 44.4 Å². The number of ether oxygens (including phenoxy) is 1. The summed E-state index contributed by atoms with van der Waals surface area (Å²) in [4.78, 5) is 15.4. The highest BCUT2D eigenvalue weighted by Gasteiger charge is 2.40. The van der Waals surface area contributed by atoms with Gasteiger partial charge < -0.3 is 4.74 Å². The first-order chi connectivity index (χ1) is 12.8. The molecule has 0 radical (unpaired) electrons. The second-order valence-electron chi connectivity index (χ2n) is 8.34. The Labute approximate surface area is 162 Å². The largest absolute Gasteiger partial charge is 0.460 e. The highest BCUT2D eigenvalue weighted by Crippen LogP contribution is 2.39. The monoisotopic (exact) mass is 363 g/mol. The van der Waals surface area contributed by atoms with E-state index < -0.39 is 5.60 Å². The van der Waals surface area contributed by atoms with Crippen LogP contribution in [0.3, 0.4) is 0 Å². The lowest BCUT2D eigenvalue weighted by molar-refractivity contribution is -0.163. The number of esters is 1. The molecule has 0 aromatic heterocycles. The standard InChI is InChI=1S/C24H29NO2/c1-18-15-21(23(26)27-24(2,3)4)22(20-13-9-6-10-14-20)25(16-18)17-19-11-7-5-8-12-19/h5-14,21-22H,1,15-17H2,2-4H3/t21-,22-/m1/s1. The number of benzene rings is 2. The molecule has 3 heteroatoms. The van der Waals surface area contributed by atoms with Crippen LogP contribution in [0, 0.1) is 5.92 Å². The van der Waals surface area contributed by atoms with E-state index in [-0.39, 0.29) is 17.9 Å². The minimum Gasteiger partial charge on any atom is -0.460 e. The van der Waals surface area contributed by atoms with Crippen LogP contribution >= 0.6 is 0 Å². The normalized spacial score (nSPS) is 21.1. The van der Waals surface area contributed by atoms with Crippen molar-refractivity contribution in [1.29, 1.82) is 0 Å². The van der Waals surface area contributed by atoms with Gasteiger partial charge in [-0.1, -0.05) is 72.8 Å². The van der Waals surface area contributed by atoms with E-state index in [1.165, 1.54) is 5.56 Å². The topological polar surface area (TPSA) is 29.5 Å². The Kier molecular flexibility index (Phi) is 5.81. The van der Waals surface area contributed by atoms with Crippen LogP contribution < -0.4 is 0 Å². The van der Waals surface area contributed by atoms with Crippen molar-refractivity contribution in [2.45, 2.75) is 45.4 Å². The van der Waals surface area contributed by atoms with E-state index in [1.54, 1.807) is 0 Å². The summed E-state index contributed by atoms with van der Waals surface area (Å²) in [5, 5.41) is 0. The molecule has 2 aromatic rings. The highest BCUT2D eigenvalue weighted by atomic mass is 16.6. The van der Waals surface area contributed by atoms with E-state index in [9.17, 15) is 4.79 Å². The predicted octanol–water partition coefficient (Wildman–Crippen LogP) is 5.15. The molecule has 0 saturated carbocycles. The van der Waals surface area contributed by atoms with Crippen LogP contribution in [0.4, 0.5) is 0 Å². The van der Waals surface area contributed by atoms with Crippen molar-refractivity contribution in [1.82, 2.24) is 4.90 Å². The summed E-state index contributed by atoms with van der Waals surface area (Å²) in [6.07, 6.45) is 0.666. The molecule has 1 saturated heterocycles. The number of carbonyl (C=O) groups is 1. The fourth-order valence-electron chi connectivity index (χ4n) is 3.78. The summed E-state index contributed by atoms with van der Waals surface area (Å²) in [6, 6.07) is 20.6. The Morgan fingerprint density at radius 1 is 1.07 bits per heavy atom. The van der Waals surface area contributed by atoms with E-state index in [0.717, 1.165) is 24.2 Å². The molecule has 1 fully saturated rings. The van der Waals surface area contributed by atoms with Gasteiger partial charge in [0.05, 0.1) is 5.92 Å². The number of rotatable bonds is 4. The van der Waals surface area contributed by atoms with Gasteiger partial charge in [0.15, 0.2) is 0 Å². The Balaban J connectivity index is 1.95. The van der Waals surface area contributed by atoms with Crippen molar-refractivity contribution in [2.24, 2.45) is 5.92 Å². The summed E-state index contributed by atoms with van der Waals surface area (Å²) in [7, 11) is 0. The van der Waals surface area contributed by atoms with Gasteiger partial charge in [0.1, 0.15) is 5.60 Å². The average molecular weight is 364 g/mol. The van der Waals surface area contributed by atoms with Crippen LogP contribution in [-0.4, -0.2) is 23.0 Å². The maximum Gasteiger partial charge on any atom is 0.311 e. The number of hydrogen-bond donors (Lipinski definition) is 0. The Morgan fingerprint density at radius 2 is 1.67 bits per heavy atom. The summed E-state index contributed by atoms with van der Waals surface area (Å²) in [6.45, 7) is 11.5. The van der Waals surface area contributed by atoms with Crippen LogP contribution in [0.5, 0.6) is 0 Å². The number of hydrogen-bond acceptors (Lipinski definition) is 3. The number of carbonyl (C=O) groups excluding carboxylic acids is 1. The first-order valence-electron chi connectivity index (χ1n) is 9.56. The number of likely N-dealkylation sites (tertiary alicyclic amines) is 1. The third-order valence-corrected chi connectivity index (χ3v) is 4.79. The number of nitrogens with zero attached hydrogens (tertiary/aromatic N) is 1. The molecule has 1 heterocycles. The minimum absolute atomic E-state index is 0.0215. The van der Waals surface area contributed by atoms with Gasteiger partial charge in [-0.25, -0.2) is 0 Å². The molecule has 2 aromatic carbocycles. The minimum atomic E-state index is -0.499. The zero-order chi connectivity index (χ0) is 19.4. The first kappa shape index (κ1) is 19.4. The fraction of sp³-hybridized carbons (Fsp3) is 0.375. The van der Waals surface area contributed by atoms with Gasteiger partial charge in [0, 0.05) is 19.1 Å². The molecule has 142 valence electrons. The highest BCUT2D eigenvalue weighted by molar-refractivity contribution is 5.75. The van der Waals surface area contributed by atoms with Crippen LogP contribution in [0.2, 0.25) is 0 Å². The molecule has 0 amide bonds. The molecule has 0 unspecified atom stereocenters. The average Bonchev–Trinajstić information content (AvgIpc) is 2.61. The molecule has 0 N–H and O–H groups in total. The zero-order valence-corrected chi connectivity index (χ0v) is 16.5. The third-order valence-electron chi connectivity index (χ3n) is 4.79. The van der Waals surface area contributed by atoms with Gasteiger partial charge in [-0.15, -0.1) is 0 Å². The van der Waals surface area contributed by atoms with E-state index in [0.29, 0.717) is 6.42 Å². The lowest BCUT2D eigenvalue weighted by atomic mass is 9.82. The second kappa shape index (κ2) is 8.10. The van der Waals surface area contributed by atoms with Crippen LogP contribution in [0.15, 0.2) is 72.8 Å². The molecular weight excluding hydrogens is 334 g/mol. The summed E-state index contributed by atoms with van der Waals surface area (Å²) < 4.78 is 5.77. The molecule has 2 atom stereocenters. The predicted molar refractivity (Wildman–Crippen MR) is 109 cm³/mol. The van der Waals surface area contributed by atoms with E-state index in [1.807, 2.05) is 45.0 Å². The summed E-state index contributed by atoms with van der Waals surface area (Å²) in [5.41, 5.74) is 2.96. The van der Waals surface area contributed by atoms with Crippen molar-refractivity contribution in [3.63, 3.8) is 0 Å². The summed E-state index contributed by atoms with van der Waals surface area (Å²) in [5.74, 6) is -0.396. The van der Waals surface area contributed by atoms with Gasteiger partial charge >= 0.3 is 5.97 Å². The van der Waals surface area contributed by atoms with Gasteiger partial charge in [-0.05, 0) is 38.3 Å². The van der Waals surface area contributed by atoms with Gasteiger partial charge in [0.2, 0.25) is 0 Å². The molecule has 0 bridgehead atoms. The summed E-state index contributed by atoms with van der Waals surface area (Å²) >= 11 is 0. The molecule has 0 spiro atoms. The van der Waals surface area contributed by atoms with E-state index in [4.69, 9.17) is 4.74 Å². The molecule has 1 aliphatic heterocycles. The quantitative estimate of drug-likeness (QED) is 0.556. The maximum atomic E-state index is 13.1. The maximum absolute atomic E-state index is 13.1. The van der Waals surface area contributed by atoms with E-state index in [2.05, 4.69) is 47.9 Å². The van der Waals surface area contributed by atoms with E-state index >= 15 is 0 Å². The molecular formula is C24H29NO2. The molecule has 3 rings (SSSR count). The first-order valence-corrected chi connectivity index (χ1v) is 9.56. The Morgan fingerprint density at radius 3 is 2.26 bits per heavy atom. The van der Waals surface area contributed by atoms with Gasteiger partial charge in [0.25, 0.3) is 0 Å². The van der Waals surface area contributed by atoms with Crippen molar-refractivity contribution in [3.8, 4) is 0 Å². The van der Waals surface area contributed by atoms with Gasteiger partial charge in [-0.2, -0.15) is 0 Å². The molecule has 1 aliphatic rings. The smallest absolute Gasteiger partial charge is 0.311 e. The van der Waals surface area contributed by atoms with Crippen LogP contribution in [0.25, 0.3) is 0 Å². The van der Waals surface area contributed by atoms with Crippen molar-refractivity contribution in [3.05, 3.63) is 83.9 Å². The molecule has 0 aliphatic carbocycles. The van der Waals surface area contributed by atoms with Crippen LogP contribution in [-0.2, 0) is 16.1 Å². The molecule has 27 heavy (non-hydrogen) atoms.